The van der Waals surface area contributed by atoms with Gasteiger partial charge in [0.1, 0.15) is 0 Å². The molecule has 0 amide bonds. The van der Waals surface area contributed by atoms with Gasteiger partial charge in [-0.25, -0.2) is 9.89 Å². The van der Waals surface area contributed by atoms with Crippen molar-refractivity contribution in [1.82, 2.24) is 20.2 Å². The number of nitrogens with zero attached hydrogens (tertiary/aromatic N) is 3. The lowest BCUT2D eigenvalue weighted by Gasteiger charge is -2.29. The molecule has 9 nitrogen and oxygen atoms in total. The van der Waals surface area contributed by atoms with Crippen molar-refractivity contribution in [2.24, 2.45) is 11.0 Å². The van der Waals surface area contributed by atoms with Gasteiger partial charge >= 0.3 is 5.69 Å². The number of hydrazone groups is 1. The van der Waals surface area contributed by atoms with Gasteiger partial charge in [0.05, 0.1) is 10.0 Å². The lowest BCUT2D eigenvalue weighted by atomic mass is 10.0. The molecule has 1 aliphatic heterocycles. The van der Waals surface area contributed by atoms with Crippen molar-refractivity contribution >= 4 is 29.1 Å². The summed E-state index contributed by atoms with van der Waals surface area (Å²) in [5.74, 6) is 0.404. The van der Waals surface area contributed by atoms with Gasteiger partial charge in [-0.15, -0.1) is 5.10 Å². The van der Waals surface area contributed by atoms with Gasteiger partial charge in [0, 0.05) is 18.7 Å². The largest absolute Gasteiger partial charge is 0.434 e. The highest BCUT2D eigenvalue weighted by molar-refractivity contribution is 6.37. The van der Waals surface area contributed by atoms with Crippen LogP contribution in [-0.2, 0) is 0 Å². The molecule has 0 saturated heterocycles. The molecule has 0 aliphatic carbocycles. The van der Waals surface area contributed by atoms with Crippen LogP contribution in [-0.4, -0.2) is 44.5 Å². The number of aliphatic hydroxyl groups excluding tert-OH is 1. The quantitative estimate of drug-likeness (QED) is 0.690. The van der Waals surface area contributed by atoms with Gasteiger partial charge in [-0.3, -0.25) is 14.8 Å². The van der Waals surface area contributed by atoms with E-state index in [9.17, 15) is 14.7 Å². The van der Waals surface area contributed by atoms with E-state index in [4.69, 9.17) is 27.9 Å². The molecule has 2 heterocycles. The summed E-state index contributed by atoms with van der Waals surface area (Å²) < 4.78 is 5.75. The van der Waals surface area contributed by atoms with Crippen LogP contribution in [0.15, 0.2) is 38.5 Å². The number of ether oxygens (including phenoxy) is 1. The minimum Gasteiger partial charge on any atom is -0.434 e. The van der Waals surface area contributed by atoms with Crippen molar-refractivity contribution in [2.45, 2.75) is 20.1 Å². The van der Waals surface area contributed by atoms with E-state index in [1.807, 2.05) is 13.8 Å². The van der Waals surface area contributed by atoms with Crippen LogP contribution in [0.3, 0.4) is 0 Å². The number of rotatable bonds is 3. The Morgan fingerprint density at radius 2 is 1.89 bits per heavy atom. The lowest BCUT2D eigenvalue weighted by molar-refractivity contribution is 0.0440. The molecule has 1 aliphatic rings. The second-order valence-electron chi connectivity index (χ2n) is 6.41. The molecule has 1 atom stereocenters. The van der Waals surface area contributed by atoms with Gasteiger partial charge in [-0.1, -0.05) is 37.0 Å². The van der Waals surface area contributed by atoms with Crippen LogP contribution in [0.4, 0.5) is 0 Å². The van der Waals surface area contributed by atoms with E-state index in [1.54, 1.807) is 13.1 Å². The number of halogens is 2. The summed E-state index contributed by atoms with van der Waals surface area (Å²) in [5.41, 5.74) is -0.423. The Labute approximate surface area is 169 Å². The van der Waals surface area contributed by atoms with E-state index in [-0.39, 0.29) is 33.3 Å². The first kappa shape index (κ1) is 20.1. The summed E-state index contributed by atoms with van der Waals surface area (Å²) in [6.45, 7) is 3.88. The zero-order chi connectivity index (χ0) is 20.6. The zero-order valence-corrected chi connectivity index (χ0v) is 16.7. The first-order valence-corrected chi connectivity index (χ1v) is 9.00. The first-order valence-electron chi connectivity index (χ1n) is 8.24. The van der Waals surface area contributed by atoms with Gasteiger partial charge in [0.15, 0.2) is 17.7 Å². The Morgan fingerprint density at radius 1 is 1.25 bits per heavy atom. The molecule has 11 heteroatoms. The van der Waals surface area contributed by atoms with Gasteiger partial charge < -0.3 is 9.84 Å². The van der Waals surface area contributed by atoms with E-state index in [0.717, 1.165) is 5.57 Å². The fourth-order valence-electron chi connectivity index (χ4n) is 2.63. The molecule has 0 spiro atoms. The Balaban J connectivity index is 1.97. The molecule has 1 unspecified atom stereocenters. The molecule has 0 fully saturated rings. The molecule has 148 valence electrons. The Kier molecular flexibility index (Phi) is 5.59. The van der Waals surface area contributed by atoms with Crippen molar-refractivity contribution in [1.29, 1.82) is 0 Å². The third kappa shape index (κ3) is 3.96. The number of hydrogen-bond donors (Lipinski definition) is 3. The van der Waals surface area contributed by atoms with E-state index in [2.05, 4.69) is 20.3 Å². The maximum Gasteiger partial charge on any atom is 0.342 e. The summed E-state index contributed by atoms with van der Waals surface area (Å²) >= 11 is 12.6. The Bertz CT molecular complexity index is 1070. The van der Waals surface area contributed by atoms with Crippen molar-refractivity contribution in [3.05, 3.63) is 54.7 Å². The van der Waals surface area contributed by atoms with Crippen LogP contribution >= 0.6 is 23.2 Å². The molecule has 0 saturated carbocycles. The number of aromatic amines is 2. The second kappa shape index (κ2) is 7.78. The van der Waals surface area contributed by atoms with Gasteiger partial charge in [0.25, 0.3) is 5.56 Å². The molecular weight excluding hydrogens is 409 g/mol. The molecule has 1 aromatic carbocycles. The summed E-state index contributed by atoms with van der Waals surface area (Å²) in [6.07, 6.45) is 0.781. The number of aromatic nitrogens is 3. The molecule has 0 bridgehead atoms. The molecule has 1 aromatic heterocycles. The monoisotopic (exact) mass is 425 g/mol. The van der Waals surface area contributed by atoms with E-state index in [0.29, 0.717) is 5.56 Å². The predicted octanol–water partition coefficient (Wildman–Crippen LogP) is 1.97. The van der Waals surface area contributed by atoms with E-state index < -0.39 is 17.5 Å². The van der Waals surface area contributed by atoms with Crippen LogP contribution in [0.1, 0.15) is 13.8 Å². The Morgan fingerprint density at radius 3 is 2.46 bits per heavy atom. The topological polar surface area (TPSA) is 124 Å². The van der Waals surface area contributed by atoms with Crippen molar-refractivity contribution in [3.8, 4) is 17.0 Å². The fraction of sp³-hybridized carbons (Fsp3) is 0.294. The molecule has 28 heavy (non-hydrogen) atoms. The molecule has 0 radical (unpaired) electrons. The third-order valence-electron chi connectivity index (χ3n) is 4.05. The van der Waals surface area contributed by atoms with Crippen molar-refractivity contribution in [3.63, 3.8) is 0 Å². The first-order chi connectivity index (χ1) is 13.2. The van der Waals surface area contributed by atoms with Crippen LogP contribution in [0.2, 0.25) is 10.0 Å². The number of aliphatic hydroxyl groups is 1. The summed E-state index contributed by atoms with van der Waals surface area (Å²) in [6, 6.07) is 2.88. The summed E-state index contributed by atoms with van der Waals surface area (Å²) in [4.78, 5) is 25.1. The Hall–Kier alpha value is -2.62. The van der Waals surface area contributed by atoms with Crippen LogP contribution < -0.4 is 16.0 Å². The van der Waals surface area contributed by atoms with Gasteiger partial charge in [0.2, 0.25) is 5.90 Å². The standard InChI is InChI=1S/C17H17Cl2N5O4/c1-7(2)9-6-12(23-24(3)16(9)26)28-14-10(18)4-8(5-11(14)19)13-15(25)20-17(27)22-21-13/h4-7,16,26H,1-3H3,(H2,20,22,25,27). The zero-order valence-electron chi connectivity index (χ0n) is 15.2. The highest BCUT2D eigenvalue weighted by Gasteiger charge is 2.25. The third-order valence-corrected chi connectivity index (χ3v) is 4.62. The summed E-state index contributed by atoms with van der Waals surface area (Å²) in [7, 11) is 1.61. The second-order valence-corrected chi connectivity index (χ2v) is 7.23. The average molecular weight is 426 g/mol. The highest BCUT2D eigenvalue weighted by atomic mass is 35.5. The number of nitrogens with one attached hydrogen (secondary N) is 2. The normalized spacial score (nSPS) is 16.8. The molecular formula is C17H17Cl2N5O4. The van der Waals surface area contributed by atoms with Gasteiger partial charge in [-0.05, 0) is 23.6 Å². The number of hydrogen-bond acceptors (Lipinski definition) is 7. The van der Waals surface area contributed by atoms with E-state index >= 15 is 0 Å². The maximum atomic E-state index is 11.9. The average Bonchev–Trinajstić information content (AvgIpc) is 2.60. The molecule has 3 N–H and O–H groups in total. The lowest BCUT2D eigenvalue weighted by Crippen LogP contribution is -2.36. The smallest absolute Gasteiger partial charge is 0.342 e. The molecule has 2 aromatic rings. The minimum absolute atomic E-state index is 0.0465. The van der Waals surface area contributed by atoms with Crippen LogP contribution in [0, 0.1) is 5.92 Å². The van der Waals surface area contributed by atoms with E-state index in [1.165, 1.54) is 17.1 Å². The van der Waals surface area contributed by atoms with Crippen LogP contribution in [0.25, 0.3) is 11.3 Å². The maximum absolute atomic E-state index is 11.9. The van der Waals surface area contributed by atoms with Crippen molar-refractivity contribution in [2.75, 3.05) is 7.05 Å². The van der Waals surface area contributed by atoms with Crippen LogP contribution in [0.5, 0.6) is 5.75 Å². The predicted molar refractivity (Wildman–Crippen MR) is 106 cm³/mol. The fourth-order valence-corrected chi connectivity index (χ4v) is 3.19. The number of benzene rings is 1. The number of H-pyrrole nitrogens is 2. The van der Waals surface area contributed by atoms with Gasteiger partial charge in [-0.2, -0.15) is 5.10 Å². The molecule has 3 rings (SSSR count). The SMILES string of the molecule is CC(C)C1=CC(Oc2c(Cl)cc(-c3n[nH]c(=O)[nH]c3=O)cc2Cl)=NN(C)C1O. The minimum atomic E-state index is -0.848. The van der Waals surface area contributed by atoms with Crippen molar-refractivity contribution < 1.29 is 9.84 Å². The number of likely N-dealkylation sites (N-methyl/N-ethyl adjacent to an activating group) is 1. The summed E-state index contributed by atoms with van der Waals surface area (Å²) in [5, 5.41) is 21.8. The highest BCUT2D eigenvalue weighted by Crippen LogP contribution is 2.37.